The molecule has 1 amide bonds. The van der Waals surface area contributed by atoms with Crippen LogP contribution in [0.5, 0.6) is 0 Å². The van der Waals surface area contributed by atoms with Gasteiger partial charge in [0.1, 0.15) is 5.69 Å². The Bertz CT molecular complexity index is 431. The van der Waals surface area contributed by atoms with Gasteiger partial charge in [0.25, 0.3) is 5.91 Å². The van der Waals surface area contributed by atoms with Crippen LogP contribution in [-0.2, 0) is 0 Å². The number of nitrogens with one attached hydrogen (secondary N) is 1. The second-order valence-electron chi connectivity index (χ2n) is 4.82. The summed E-state index contributed by atoms with van der Waals surface area (Å²) in [5.74, 6) is -0.0617. The van der Waals surface area contributed by atoms with E-state index in [0.29, 0.717) is 5.69 Å². The zero-order chi connectivity index (χ0) is 14.4. The molecule has 1 aliphatic rings. The second-order valence-corrected chi connectivity index (χ2v) is 4.82. The minimum atomic E-state index is -0.0617. The third-order valence-electron chi connectivity index (χ3n) is 3.31. The number of amides is 1. The van der Waals surface area contributed by atoms with E-state index in [9.17, 15) is 4.79 Å². The number of nitrogens with zero attached hydrogens (tertiary/aromatic N) is 2. The van der Waals surface area contributed by atoms with Crippen molar-refractivity contribution in [2.45, 2.75) is 40.2 Å². The summed E-state index contributed by atoms with van der Waals surface area (Å²) >= 11 is 0. The van der Waals surface area contributed by atoms with Crippen molar-refractivity contribution in [3.63, 3.8) is 0 Å². The molecule has 1 aromatic rings. The number of carbonyl (C=O) groups excluding carboxylic acids is 1. The third kappa shape index (κ3) is 4.31. The van der Waals surface area contributed by atoms with Crippen molar-refractivity contribution in [3.05, 3.63) is 29.1 Å². The van der Waals surface area contributed by atoms with Gasteiger partial charge < -0.3 is 10.2 Å². The first kappa shape index (κ1) is 15.6. The largest absolute Gasteiger partial charge is 0.347 e. The molecule has 106 valence electrons. The van der Waals surface area contributed by atoms with Gasteiger partial charge in [-0.1, -0.05) is 19.9 Å². The molecule has 1 aliphatic heterocycles. The zero-order valence-electron chi connectivity index (χ0n) is 12.7. The van der Waals surface area contributed by atoms with E-state index < -0.39 is 0 Å². The molecule has 0 bridgehead atoms. The number of likely N-dealkylation sites (N-methyl/N-ethyl adjacent to an activating group) is 1. The molecule has 1 aromatic heterocycles. The smallest absolute Gasteiger partial charge is 0.270 e. The normalized spacial score (nSPS) is 18.7. The predicted molar refractivity (Wildman–Crippen MR) is 78.4 cm³/mol. The lowest BCUT2D eigenvalue weighted by molar-refractivity contribution is 0.0933. The van der Waals surface area contributed by atoms with Crippen molar-refractivity contribution in [2.24, 2.45) is 0 Å². The SMILES string of the molecule is CC.Cc1ccc(C(=O)NC2CCN(C)C2)nc1C. The van der Waals surface area contributed by atoms with Crippen LogP contribution >= 0.6 is 0 Å². The molecule has 4 nitrogen and oxygen atoms in total. The van der Waals surface area contributed by atoms with Crippen molar-refractivity contribution >= 4 is 5.91 Å². The highest BCUT2D eigenvalue weighted by Gasteiger charge is 2.21. The maximum absolute atomic E-state index is 12.0. The van der Waals surface area contributed by atoms with Gasteiger partial charge in [0, 0.05) is 18.3 Å². The summed E-state index contributed by atoms with van der Waals surface area (Å²) in [6.45, 7) is 9.90. The number of aromatic nitrogens is 1. The molecule has 1 saturated heterocycles. The molecule has 0 aromatic carbocycles. The van der Waals surface area contributed by atoms with Gasteiger partial charge in [0.05, 0.1) is 0 Å². The van der Waals surface area contributed by atoms with Gasteiger partial charge in [-0.2, -0.15) is 0 Å². The van der Waals surface area contributed by atoms with E-state index in [4.69, 9.17) is 0 Å². The molecule has 0 spiro atoms. The van der Waals surface area contributed by atoms with E-state index >= 15 is 0 Å². The summed E-state index contributed by atoms with van der Waals surface area (Å²) < 4.78 is 0. The first-order valence-electron chi connectivity index (χ1n) is 7.00. The minimum absolute atomic E-state index is 0.0617. The Hall–Kier alpha value is -1.42. The quantitative estimate of drug-likeness (QED) is 0.889. The van der Waals surface area contributed by atoms with Crippen molar-refractivity contribution in [2.75, 3.05) is 20.1 Å². The van der Waals surface area contributed by atoms with E-state index in [-0.39, 0.29) is 11.9 Å². The Morgan fingerprint density at radius 2 is 2.05 bits per heavy atom. The van der Waals surface area contributed by atoms with Gasteiger partial charge >= 0.3 is 0 Å². The van der Waals surface area contributed by atoms with Gasteiger partial charge in [-0.25, -0.2) is 4.98 Å². The fraction of sp³-hybridized carbons (Fsp3) is 0.600. The highest BCUT2D eigenvalue weighted by molar-refractivity contribution is 5.92. The zero-order valence-corrected chi connectivity index (χ0v) is 12.7. The Morgan fingerprint density at radius 3 is 2.58 bits per heavy atom. The van der Waals surface area contributed by atoms with Crippen LogP contribution in [-0.4, -0.2) is 42.0 Å². The number of hydrogen-bond donors (Lipinski definition) is 1. The molecule has 19 heavy (non-hydrogen) atoms. The monoisotopic (exact) mass is 263 g/mol. The van der Waals surface area contributed by atoms with Crippen LogP contribution in [0.2, 0.25) is 0 Å². The van der Waals surface area contributed by atoms with E-state index in [1.54, 1.807) is 6.07 Å². The van der Waals surface area contributed by atoms with Crippen LogP contribution in [0.1, 0.15) is 42.0 Å². The molecule has 1 unspecified atom stereocenters. The van der Waals surface area contributed by atoms with Gasteiger partial charge in [-0.3, -0.25) is 4.79 Å². The molecular formula is C15H25N3O. The lowest BCUT2D eigenvalue weighted by Crippen LogP contribution is -2.37. The maximum atomic E-state index is 12.0. The van der Waals surface area contributed by atoms with E-state index in [2.05, 4.69) is 22.2 Å². The molecule has 1 fully saturated rings. The average Bonchev–Trinajstić information content (AvgIpc) is 2.80. The Kier molecular flexibility index (Phi) is 5.96. The van der Waals surface area contributed by atoms with Crippen LogP contribution in [0.4, 0.5) is 0 Å². The number of hydrogen-bond acceptors (Lipinski definition) is 3. The van der Waals surface area contributed by atoms with Crippen LogP contribution in [0.25, 0.3) is 0 Å². The molecule has 0 radical (unpaired) electrons. The number of likely N-dealkylation sites (tertiary alicyclic amines) is 1. The standard InChI is InChI=1S/C13H19N3O.C2H6/c1-9-4-5-12(14-10(9)2)13(17)15-11-6-7-16(3)8-11;1-2/h4-5,11H,6-8H2,1-3H3,(H,15,17);1-2H3. The lowest BCUT2D eigenvalue weighted by atomic mass is 10.2. The molecule has 1 atom stereocenters. The molecular weight excluding hydrogens is 238 g/mol. The summed E-state index contributed by atoms with van der Waals surface area (Å²) in [4.78, 5) is 18.5. The Labute approximate surface area is 116 Å². The minimum Gasteiger partial charge on any atom is -0.347 e. The highest BCUT2D eigenvalue weighted by atomic mass is 16.1. The fourth-order valence-corrected chi connectivity index (χ4v) is 2.07. The number of rotatable bonds is 2. The molecule has 0 aliphatic carbocycles. The number of carbonyl (C=O) groups is 1. The molecule has 2 rings (SSSR count). The van der Waals surface area contributed by atoms with Gasteiger partial charge in [-0.05, 0) is 45.5 Å². The fourth-order valence-electron chi connectivity index (χ4n) is 2.07. The van der Waals surface area contributed by atoms with Crippen molar-refractivity contribution in [1.29, 1.82) is 0 Å². The molecule has 0 saturated carbocycles. The number of pyridine rings is 1. The summed E-state index contributed by atoms with van der Waals surface area (Å²) in [6.07, 6.45) is 1.02. The van der Waals surface area contributed by atoms with Gasteiger partial charge in [0.2, 0.25) is 0 Å². The molecule has 2 heterocycles. The first-order valence-corrected chi connectivity index (χ1v) is 7.00. The second kappa shape index (κ2) is 7.24. The van der Waals surface area contributed by atoms with E-state index in [1.807, 2.05) is 33.8 Å². The highest BCUT2D eigenvalue weighted by Crippen LogP contribution is 2.09. The molecule has 1 N–H and O–H groups in total. The summed E-state index contributed by atoms with van der Waals surface area (Å²) in [7, 11) is 2.07. The van der Waals surface area contributed by atoms with Crippen LogP contribution in [0, 0.1) is 13.8 Å². The predicted octanol–water partition coefficient (Wildman–Crippen LogP) is 2.16. The third-order valence-corrected chi connectivity index (χ3v) is 3.31. The Balaban J connectivity index is 0.000000861. The number of aryl methyl sites for hydroxylation is 2. The van der Waals surface area contributed by atoms with Crippen molar-refractivity contribution in [1.82, 2.24) is 15.2 Å². The summed E-state index contributed by atoms with van der Waals surface area (Å²) in [6, 6.07) is 3.99. The van der Waals surface area contributed by atoms with E-state index in [1.165, 1.54) is 0 Å². The lowest BCUT2D eigenvalue weighted by Gasteiger charge is -2.12. The maximum Gasteiger partial charge on any atom is 0.270 e. The summed E-state index contributed by atoms with van der Waals surface area (Å²) in [5, 5.41) is 3.03. The van der Waals surface area contributed by atoms with Crippen molar-refractivity contribution in [3.8, 4) is 0 Å². The van der Waals surface area contributed by atoms with Crippen LogP contribution < -0.4 is 5.32 Å². The Morgan fingerprint density at radius 1 is 1.37 bits per heavy atom. The summed E-state index contributed by atoms with van der Waals surface area (Å²) in [5.41, 5.74) is 2.55. The first-order chi connectivity index (χ1) is 9.06. The van der Waals surface area contributed by atoms with Crippen LogP contribution in [0.3, 0.4) is 0 Å². The van der Waals surface area contributed by atoms with E-state index in [0.717, 1.165) is 30.8 Å². The van der Waals surface area contributed by atoms with Crippen LogP contribution in [0.15, 0.2) is 12.1 Å². The molecule has 4 heteroatoms. The van der Waals surface area contributed by atoms with Gasteiger partial charge in [0.15, 0.2) is 0 Å². The van der Waals surface area contributed by atoms with Crippen molar-refractivity contribution < 1.29 is 4.79 Å². The topological polar surface area (TPSA) is 45.2 Å². The van der Waals surface area contributed by atoms with Gasteiger partial charge in [-0.15, -0.1) is 0 Å². The average molecular weight is 263 g/mol.